The summed E-state index contributed by atoms with van der Waals surface area (Å²) in [4.78, 5) is 0. The van der Waals surface area contributed by atoms with Crippen LogP contribution in [0.2, 0.25) is 0 Å². The molecule has 0 fully saturated rings. The molecule has 0 heterocycles. The van der Waals surface area contributed by atoms with E-state index >= 15 is 0 Å². The zero-order valence-electron chi connectivity index (χ0n) is 50.4. The van der Waals surface area contributed by atoms with Crippen LogP contribution in [-0.2, 0) is 0 Å². The SMILES string of the molecule is CC(C)CCCC(C)CCOc1cc2ccc3ccc4ccc5c(OCCC(C)CCCC(C)C)cc(ccc6ccc7ccc8c(OCCC(C)CCCC(C)C)cc(ccc9ccc%10ccc1c(c2)c%10c9)cc8c7c6)cc5c4c3. The third kappa shape index (κ3) is 14.8. The van der Waals surface area contributed by atoms with E-state index in [2.05, 4.69) is 226 Å². The molecule has 0 aliphatic carbocycles. The van der Waals surface area contributed by atoms with Gasteiger partial charge in [-0.25, -0.2) is 0 Å². The van der Waals surface area contributed by atoms with Crippen LogP contribution in [0.3, 0.4) is 0 Å². The smallest absolute Gasteiger partial charge is 0.127 e. The van der Waals surface area contributed by atoms with Crippen LogP contribution in [0, 0.1) is 35.5 Å². The van der Waals surface area contributed by atoms with Crippen LogP contribution >= 0.6 is 0 Å². The van der Waals surface area contributed by atoms with Crippen molar-refractivity contribution in [2.45, 2.75) is 139 Å². The average Bonchev–Trinajstić information content (AvgIpc) is 3.52. The van der Waals surface area contributed by atoms with E-state index in [9.17, 15) is 0 Å². The van der Waals surface area contributed by atoms with Crippen LogP contribution in [-0.4, -0.2) is 19.8 Å². The molecule has 10 aromatic carbocycles. The summed E-state index contributed by atoms with van der Waals surface area (Å²) in [7, 11) is 0. The summed E-state index contributed by atoms with van der Waals surface area (Å²) >= 11 is 0. The highest BCUT2D eigenvalue weighted by molar-refractivity contribution is 6.15. The van der Waals surface area contributed by atoms with Gasteiger partial charge in [0.05, 0.1) is 19.8 Å². The molecule has 0 saturated carbocycles. The molecule has 0 aromatic heterocycles. The minimum Gasteiger partial charge on any atom is -0.493 e. The van der Waals surface area contributed by atoms with Crippen molar-refractivity contribution in [2.75, 3.05) is 19.8 Å². The van der Waals surface area contributed by atoms with Crippen LogP contribution in [0.5, 0.6) is 17.2 Å². The lowest BCUT2D eigenvalue weighted by Gasteiger charge is -2.15. The molecule has 0 amide bonds. The van der Waals surface area contributed by atoms with Crippen LogP contribution < -0.4 is 14.2 Å². The Labute approximate surface area is 484 Å². The van der Waals surface area contributed by atoms with Gasteiger partial charge in [-0.05, 0) is 190 Å². The summed E-state index contributed by atoms with van der Waals surface area (Å²) in [5.74, 6) is 6.87. The maximum absolute atomic E-state index is 6.87. The Bertz CT molecular complexity index is 3500. The lowest BCUT2D eigenvalue weighted by atomic mass is 9.97. The number of rotatable bonds is 24. The molecule has 10 rings (SSSR count). The van der Waals surface area contributed by atoms with Crippen molar-refractivity contribution in [1.29, 1.82) is 0 Å². The second-order valence-electron chi connectivity index (χ2n) is 25.7. The highest BCUT2D eigenvalue weighted by Crippen LogP contribution is 2.39. The monoisotopic (exact) mass is 1070 g/mol. The zero-order valence-corrected chi connectivity index (χ0v) is 50.4. The number of hydrogen-bond donors (Lipinski definition) is 0. The summed E-state index contributed by atoms with van der Waals surface area (Å²) in [5, 5.41) is 21.1. The first kappa shape index (κ1) is 57.4. The Kier molecular flexibility index (Phi) is 19.0. The minimum atomic E-state index is 0.609. The van der Waals surface area contributed by atoms with Gasteiger partial charge >= 0.3 is 0 Å². The Balaban J connectivity index is 1.15. The van der Waals surface area contributed by atoms with Crippen LogP contribution in [0.15, 0.2) is 164 Å². The second kappa shape index (κ2) is 26.8. The zero-order chi connectivity index (χ0) is 56.4. The first-order valence-corrected chi connectivity index (χ1v) is 31.2. The van der Waals surface area contributed by atoms with Gasteiger partial charge in [0.15, 0.2) is 0 Å². The molecule has 0 aliphatic heterocycles. The molecule has 81 heavy (non-hydrogen) atoms. The van der Waals surface area contributed by atoms with E-state index in [1.807, 2.05) is 0 Å². The largest absolute Gasteiger partial charge is 0.493 e. The summed E-state index contributed by atoms with van der Waals surface area (Å²) in [5.41, 5.74) is 0. The van der Waals surface area contributed by atoms with E-state index in [-0.39, 0.29) is 0 Å². The fourth-order valence-electron chi connectivity index (χ4n) is 12.2. The third-order valence-corrected chi connectivity index (χ3v) is 17.3. The quantitative estimate of drug-likeness (QED) is 0.0565. The van der Waals surface area contributed by atoms with E-state index in [0.29, 0.717) is 37.6 Å². The molecule has 10 aromatic rings. The van der Waals surface area contributed by atoms with Crippen LogP contribution in [0.4, 0.5) is 0 Å². The molecular weight excluding hydrogens is 985 g/mol. The topological polar surface area (TPSA) is 27.7 Å². The summed E-state index contributed by atoms with van der Waals surface area (Å²) in [6.07, 6.45) is 14.5. The molecule has 0 spiro atoms. The average molecular weight is 1080 g/mol. The van der Waals surface area contributed by atoms with Crippen molar-refractivity contribution in [2.24, 2.45) is 35.5 Å². The summed E-state index contributed by atoms with van der Waals surface area (Å²) in [6, 6.07) is 61.8. The minimum absolute atomic E-state index is 0.609. The van der Waals surface area contributed by atoms with Crippen molar-refractivity contribution >= 4 is 97.0 Å². The van der Waals surface area contributed by atoms with Crippen molar-refractivity contribution in [3.05, 3.63) is 164 Å². The fraction of sp³-hybridized carbons (Fsp3) is 0.385. The number of hydrogen-bond acceptors (Lipinski definition) is 3. The molecule has 3 atom stereocenters. The van der Waals surface area contributed by atoms with Gasteiger partial charge in [-0.3, -0.25) is 0 Å². The Morgan fingerprint density at radius 2 is 0.481 bits per heavy atom. The lowest BCUT2D eigenvalue weighted by Crippen LogP contribution is -2.05. The highest BCUT2D eigenvalue weighted by Gasteiger charge is 2.14. The van der Waals surface area contributed by atoms with E-state index in [1.165, 1.54) is 106 Å². The number of ether oxygens (including phenoxy) is 3. The lowest BCUT2D eigenvalue weighted by molar-refractivity contribution is 0.278. The molecule has 0 aliphatic rings. The van der Waals surface area contributed by atoms with E-state index < -0.39 is 0 Å². The Morgan fingerprint density at radius 1 is 0.235 bits per heavy atom. The van der Waals surface area contributed by atoms with Gasteiger partial charge in [0, 0.05) is 16.2 Å². The van der Waals surface area contributed by atoms with Gasteiger partial charge in [0.2, 0.25) is 0 Å². The van der Waals surface area contributed by atoms with Gasteiger partial charge in [-0.2, -0.15) is 0 Å². The summed E-state index contributed by atoms with van der Waals surface area (Å²) < 4.78 is 20.6. The van der Waals surface area contributed by atoms with E-state index in [1.54, 1.807) is 0 Å². The molecule has 420 valence electrons. The third-order valence-electron chi connectivity index (χ3n) is 17.3. The Hall–Kier alpha value is -6.84. The predicted octanol–water partition coefficient (Wildman–Crippen LogP) is 23.4. The molecule has 12 bridgehead atoms. The number of fused-ring (bicyclic) bond motifs is 6. The fourth-order valence-corrected chi connectivity index (χ4v) is 12.2. The van der Waals surface area contributed by atoms with E-state index in [0.717, 1.165) is 103 Å². The normalized spacial score (nSPS) is 13.2. The first-order chi connectivity index (χ1) is 39.3. The van der Waals surface area contributed by atoms with Gasteiger partial charge in [-0.15, -0.1) is 0 Å². The summed E-state index contributed by atoms with van der Waals surface area (Å²) in [6.45, 7) is 23.2. The van der Waals surface area contributed by atoms with E-state index in [4.69, 9.17) is 14.2 Å². The van der Waals surface area contributed by atoms with Gasteiger partial charge < -0.3 is 14.2 Å². The molecule has 0 radical (unpaired) electrons. The Morgan fingerprint density at radius 3 is 0.765 bits per heavy atom. The van der Waals surface area contributed by atoms with Crippen molar-refractivity contribution < 1.29 is 14.2 Å². The first-order valence-electron chi connectivity index (χ1n) is 31.2. The molecule has 3 nitrogen and oxygen atoms in total. The van der Waals surface area contributed by atoms with Gasteiger partial charge in [-0.1, -0.05) is 229 Å². The molecule has 3 unspecified atom stereocenters. The standard InChI is InChI=1S/C78H90O3/c1-52(2)13-10-16-55(7)37-40-79-76-49-61-22-19-58-26-29-65-32-35-68-74(71(65)44-58)48-63(51-78(68)81-42-39-57(9)18-12-15-54(5)6)24-21-60-27-30-66-33-36-69-75(72(66)45-60)47-62(50-77(69)80-41-38-56(8)17-11-14-53(3)4)23-20-59-25-28-64-31-34-67(76)73(46-61)70(64)43-59/h19-36,43-57H,10-18,37-42H2,1-9H3. The maximum atomic E-state index is 6.87. The maximum Gasteiger partial charge on any atom is 0.127 e. The van der Waals surface area contributed by atoms with Crippen molar-refractivity contribution in [1.82, 2.24) is 0 Å². The molecule has 3 heteroatoms. The second-order valence-corrected chi connectivity index (χ2v) is 25.7. The number of benzene rings is 9. The van der Waals surface area contributed by atoms with Crippen LogP contribution in [0.1, 0.15) is 139 Å². The molecular formula is C78H90O3. The van der Waals surface area contributed by atoms with Gasteiger partial charge in [0.25, 0.3) is 0 Å². The van der Waals surface area contributed by atoms with Gasteiger partial charge in [0.1, 0.15) is 17.2 Å². The van der Waals surface area contributed by atoms with Crippen molar-refractivity contribution in [3.63, 3.8) is 0 Å². The van der Waals surface area contributed by atoms with Crippen molar-refractivity contribution in [3.8, 4) is 17.2 Å². The van der Waals surface area contributed by atoms with Crippen LogP contribution in [0.25, 0.3) is 97.0 Å². The molecule has 0 saturated heterocycles. The highest BCUT2D eigenvalue weighted by atomic mass is 16.5. The predicted molar refractivity (Wildman–Crippen MR) is 354 cm³/mol. The molecule has 0 N–H and O–H groups in total.